The number of rotatable bonds is 7. The molecule has 1 heterocycles. The molecule has 1 saturated heterocycles. The molecular formula is C22H25ClN2O5S. The highest BCUT2D eigenvalue weighted by molar-refractivity contribution is 7.89. The van der Waals surface area contributed by atoms with Gasteiger partial charge in [-0.25, -0.2) is 8.42 Å². The van der Waals surface area contributed by atoms with E-state index in [0.717, 1.165) is 0 Å². The van der Waals surface area contributed by atoms with Crippen LogP contribution in [-0.4, -0.2) is 44.1 Å². The number of benzene rings is 2. The highest BCUT2D eigenvalue weighted by Gasteiger charge is 2.33. The van der Waals surface area contributed by atoms with E-state index in [1.807, 2.05) is 6.92 Å². The summed E-state index contributed by atoms with van der Waals surface area (Å²) in [7, 11) is -3.80. The van der Waals surface area contributed by atoms with Crippen LogP contribution in [0.5, 0.6) is 5.75 Å². The fourth-order valence-electron chi connectivity index (χ4n) is 3.50. The van der Waals surface area contributed by atoms with E-state index >= 15 is 0 Å². The maximum absolute atomic E-state index is 13.1. The summed E-state index contributed by atoms with van der Waals surface area (Å²) >= 11 is 6.16. The van der Waals surface area contributed by atoms with Gasteiger partial charge in [0.2, 0.25) is 15.9 Å². The number of carbonyl (C=O) groups excluding carboxylic acids is 2. The van der Waals surface area contributed by atoms with Crippen molar-refractivity contribution in [3.63, 3.8) is 0 Å². The summed E-state index contributed by atoms with van der Waals surface area (Å²) in [6.45, 7) is 4.10. The molecule has 7 nitrogen and oxygen atoms in total. The predicted octanol–water partition coefficient (Wildman–Crippen LogP) is 3.98. The molecule has 2 aromatic rings. The Morgan fingerprint density at radius 3 is 2.68 bits per heavy atom. The Morgan fingerprint density at radius 2 is 2.00 bits per heavy atom. The molecule has 31 heavy (non-hydrogen) atoms. The Hall–Kier alpha value is -2.42. The third kappa shape index (κ3) is 5.44. The summed E-state index contributed by atoms with van der Waals surface area (Å²) in [5, 5.41) is 3.02. The van der Waals surface area contributed by atoms with Crippen LogP contribution in [0.2, 0.25) is 5.02 Å². The Kier molecular flexibility index (Phi) is 7.35. The fraction of sp³-hybridized carbons (Fsp3) is 0.364. The third-order valence-corrected chi connectivity index (χ3v) is 7.29. The van der Waals surface area contributed by atoms with Crippen molar-refractivity contribution in [1.29, 1.82) is 0 Å². The molecule has 1 aliphatic rings. The molecule has 1 N–H and O–H groups in total. The van der Waals surface area contributed by atoms with Crippen LogP contribution >= 0.6 is 11.6 Å². The lowest BCUT2D eigenvalue weighted by Gasteiger charge is -2.31. The summed E-state index contributed by atoms with van der Waals surface area (Å²) in [4.78, 5) is 24.4. The van der Waals surface area contributed by atoms with Gasteiger partial charge in [-0.1, -0.05) is 23.7 Å². The zero-order valence-electron chi connectivity index (χ0n) is 17.4. The summed E-state index contributed by atoms with van der Waals surface area (Å²) in [5.41, 5.74) is 1.01. The molecule has 0 saturated carbocycles. The van der Waals surface area contributed by atoms with Gasteiger partial charge in [-0.3, -0.25) is 9.59 Å². The first-order chi connectivity index (χ1) is 14.7. The second-order valence-corrected chi connectivity index (χ2v) is 9.70. The largest absolute Gasteiger partial charge is 0.492 e. The number of ether oxygens (including phenoxy) is 1. The van der Waals surface area contributed by atoms with Crippen LogP contribution in [-0.2, 0) is 14.8 Å². The quantitative estimate of drug-likeness (QED) is 0.625. The van der Waals surface area contributed by atoms with Gasteiger partial charge < -0.3 is 10.1 Å². The summed E-state index contributed by atoms with van der Waals surface area (Å²) in [6, 6.07) is 11.1. The Labute approximate surface area is 187 Å². The van der Waals surface area contributed by atoms with Gasteiger partial charge >= 0.3 is 0 Å². The first-order valence-corrected chi connectivity index (χ1v) is 11.9. The zero-order chi connectivity index (χ0) is 22.6. The molecule has 3 rings (SSSR count). The minimum Gasteiger partial charge on any atom is -0.492 e. The van der Waals surface area contributed by atoms with E-state index in [-0.39, 0.29) is 28.2 Å². The molecule has 0 radical (unpaired) electrons. The van der Waals surface area contributed by atoms with Crippen LogP contribution < -0.4 is 10.1 Å². The van der Waals surface area contributed by atoms with Gasteiger partial charge in [0.05, 0.1) is 22.4 Å². The van der Waals surface area contributed by atoms with Crippen LogP contribution in [0.3, 0.4) is 0 Å². The molecule has 1 atom stereocenters. The number of piperidine rings is 1. The molecular weight excluding hydrogens is 440 g/mol. The van der Waals surface area contributed by atoms with Crippen LogP contribution in [0.4, 0.5) is 5.69 Å². The lowest BCUT2D eigenvalue weighted by Crippen LogP contribution is -2.43. The van der Waals surface area contributed by atoms with Gasteiger partial charge in [0.25, 0.3) is 0 Å². The number of hydrogen-bond donors (Lipinski definition) is 1. The first kappa shape index (κ1) is 23.2. The highest BCUT2D eigenvalue weighted by atomic mass is 35.5. The molecule has 166 valence electrons. The topological polar surface area (TPSA) is 92.8 Å². The molecule has 1 aliphatic heterocycles. The molecule has 1 amide bonds. The number of sulfonamides is 1. The molecule has 0 aromatic heterocycles. The van der Waals surface area contributed by atoms with E-state index in [1.165, 1.54) is 29.4 Å². The number of hydrogen-bond acceptors (Lipinski definition) is 5. The molecule has 0 bridgehead atoms. The van der Waals surface area contributed by atoms with E-state index in [2.05, 4.69) is 5.32 Å². The summed E-state index contributed by atoms with van der Waals surface area (Å²) in [5.74, 6) is -0.445. The second kappa shape index (κ2) is 9.80. The van der Waals surface area contributed by atoms with Crippen molar-refractivity contribution in [3.8, 4) is 5.75 Å². The number of nitrogens with one attached hydrogen (secondary N) is 1. The number of carbonyl (C=O) groups is 2. The second-order valence-electron chi connectivity index (χ2n) is 7.35. The molecule has 9 heteroatoms. The van der Waals surface area contributed by atoms with E-state index in [4.69, 9.17) is 16.3 Å². The Morgan fingerprint density at radius 1 is 1.23 bits per heavy atom. The zero-order valence-corrected chi connectivity index (χ0v) is 19.0. The van der Waals surface area contributed by atoms with E-state index in [0.29, 0.717) is 43.0 Å². The van der Waals surface area contributed by atoms with Crippen molar-refractivity contribution in [2.24, 2.45) is 5.92 Å². The standard InChI is InChI=1S/C22H25ClN2O5S/c1-3-30-21-10-9-19(13-20(21)23)31(28,29)25-11-5-7-17(14-25)22(27)24-18-8-4-6-16(12-18)15(2)26/h4,6,8-10,12-13,17H,3,5,7,11,14H2,1-2H3,(H,24,27)/t17-/m1/s1. The van der Waals surface area contributed by atoms with Crippen LogP contribution in [0.15, 0.2) is 47.4 Å². The van der Waals surface area contributed by atoms with E-state index in [1.54, 1.807) is 24.3 Å². The van der Waals surface area contributed by atoms with Gasteiger partial charge in [-0.05, 0) is 57.0 Å². The number of nitrogens with zero attached hydrogens (tertiary/aromatic N) is 1. The van der Waals surface area contributed by atoms with Crippen molar-refractivity contribution in [1.82, 2.24) is 4.31 Å². The molecule has 0 unspecified atom stereocenters. The predicted molar refractivity (Wildman–Crippen MR) is 119 cm³/mol. The molecule has 0 spiro atoms. The number of ketones is 1. The lowest BCUT2D eigenvalue weighted by molar-refractivity contribution is -0.120. The van der Waals surface area contributed by atoms with Crippen LogP contribution in [0, 0.1) is 5.92 Å². The average molecular weight is 465 g/mol. The number of halogens is 1. The Balaban J connectivity index is 1.73. The smallest absolute Gasteiger partial charge is 0.243 e. The number of Topliss-reactive ketones (excluding diaryl/α,β-unsaturated/α-hetero) is 1. The van der Waals surface area contributed by atoms with Crippen molar-refractivity contribution >= 4 is 39.0 Å². The maximum Gasteiger partial charge on any atom is 0.243 e. The first-order valence-electron chi connectivity index (χ1n) is 10.1. The number of amides is 1. The minimum atomic E-state index is -3.80. The van der Waals surface area contributed by atoms with Crippen molar-refractivity contribution in [2.75, 3.05) is 25.0 Å². The monoisotopic (exact) mass is 464 g/mol. The number of anilines is 1. The van der Waals surface area contributed by atoms with Gasteiger partial charge in [0.15, 0.2) is 5.78 Å². The van der Waals surface area contributed by atoms with E-state index in [9.17, 15) is 18.0 Å². The van der Waals surface area contributed by atoms with Crippen molar-refractivity contribution in [2.45, 2.75) is 31.6 Å². The summed E-state index contributed by atoms with van der Waals surface area (Å²) < 4.78 is 32.9. The highest BCUT2D eigenvalue weighted by Crippen LogP contribution is 2.30. The molecule has 0 aliphatic carbocycles. The third-order valence-electron chi connectivity index (χ3n) is 5.13. The summed E-state index contributed by atoms with van der Waals surface area (Å²) in [6.07, 6.45) is 1.14. The van der Waals surface area contributed by atoms with Gasteiger partial charge in [0, 0.05) is 24.3 Å². The van der Waals surface area contributed by atoms with Gasteiger partial charge in [-0.2, -0.15) is 4.31 Å². The molecule has 2 aromatic carbocycles. The molecule has 1 fully saturated rings. The van der Waals surface area contributed by atoms with Crippen LogP contribution in [0.25, 0.3) is 0 Å². The fourth-order valence-corrected chi connectivity index (χ4v) is 5.35. The van der Waals surface area contributed by atoms with Crippen molar-refractivity contribution in [3.05, 3.63) is 53.1 Å². The normalized spacial score (nSPS) is 17.2. The maximum atomic E-state index is 13.1. The average Bonchev–Trinajstić information content (AvgIpc) is 2.75. The lowest BCUT2D eigenvalue weighted by atomic mass is 9.98. The Bertz CT molecular complexity index is 1090. The van der Waals surface area contributed by atoms with Gasteiger partial charge in [-0.15, -0.1) is 0 Å². The van der Waals surface area contributed by atoms with E-state index < -0.39 is 15.9 Å². The van der Waals surface area contributed by atoms with Crippen molar-refractivity contribution < 1.29 is 22.7 Å². The van der Waals surface area contributed by atoms with Crippen LogP contribution in [0.1, 0.15) is 37.0 Å². The van der Waals surface area contributed by atoms with Gasteiger partial charge in [0.1, 0.15) is 5.75 Å². The SMILES string of the molecule is CCOc1ccc(S(=O)(=O)N2CCC[C@@H](C(=O)Nc3cccc(C(C)=O)c3)C2)cc1Cl. The minimum absolute atomic E-state index is 0.0659.